The topological polar surface area (TPSA) is 59.3 Å². The van der Waals surface area contributed by atoms with Gasteiger partial charge in [-0.1, -0.05) is 18.5 Å². The number of benzene rings is 1. The summed E-state index contributed by atoms with van der Waals surface area (Å²) in [6, 6.07) is 2.36. The number of hydrogen-bond acceptors (Lipinski definition) is 2. The molecule has 0 aliphatic rings. The van der Waals surface area contributed by atoms with Gasteiger partial charge in [0, 0.05) is 17.6 Å². The number of aryl methyl sites for hydroxylation is 1. The Hall–Kier alpha value is -1.88. The summed E-state index contributed by atoms with van der Waals surface area (Å²) in [5.74, 6) is -2.04. The number of nitrogens with zero attached hydrogens (tertiary/aromatic N) is 1. The molecule has 2 aromatic rings. The molecule has 2 rings (SSSR count). The summed E-state index contributed by atoms with van der Waals surface area (Å²) in [6.45, 7) is 4.05. The van der Waals surface area contributed by atoms with Crippen LogP contribution in [0.5, 0.6) is 0 Å². The van der Waals surface area contributed by atoms with Crippen molar-refractivity contribution in [2.45, 2.75) is 26.8 Å². The summed E-state index contributed by atoms with van der Waals surface area (Å²) < 4.78 is 15.2. The highest BCUT2D eigenvalue weighted by Crippen LogP contribution is 2.24. The fourth-order valence-electron chi connectivity index (χ4n) is 2.44. The second-order valence-corrected chi connectivity index (χ2v) is 4.74. The predicted molar refractivity (Wildman–Crippen MR) is 75.2 cm³/mol. The maximum absolute atomic E-state index is 13.6. The summed E-state index contributed by atoms with van der Waals surface area (Å²) in [5.41, 5.74) is -0.112. The molecule has 0 atom stereocenters. The monoisotopic (exact) mass is 297 g/mol. The van der Waals surface area contributed by atoms with Gasteiger partial charge in [0.05, 0.1) is 10.5 Å². The molecule has 0 spiro atoms. The van der Waals surface area contributed by atoms with Gasteiger partial charge in [-0.3, -0.25) is 4.79 Å². The number of carboxylic acids is 1. The van der Waals surface area contributed by atoms with Crippen LogP contribution >= 0.6 is 11.6 Å². The second kappa shape index (κ2) is 5.25. The molecule has 0 bridgehead atoms. The quantitative estimate of drug-likeness (QED) is 0.947. The molecule has 0 unspecified atom stereocenters. The lowest BCUT2D eigenvalue weighted by Gasteiger charge is -2.17. The van der Waals surface area contributed by atoms with Crippen molar-refractivity contribution in [1.82, 2.24) is 4.57 Å². The van der Waals surface area contributed by atoms with Crippen LogP contribution in [0.3, 0.4) is 0 Å². The predicted octanol–water partition coefficient (Wildman–Crippen LogP) is 3.07. The molecule has 106 valence electrons. The van der Waals surface area contributed by atoms with E-state index in [0.717, 1.165) is 6.07 Å². The molecule has 0 amide bonds. The van der Waals surface area contributed by atoms with E-state index < -0.39 is 17.2 Å². The fourth-order valence-corrected chi connectivity index (χ4v) is 2.59. The van der Waals surface area contributed by atoms with Crippen LogP contribution in [0.15, 0.2) is 16.9 Å². The maximum Gasteiger partial charge on any atom is 0.341 e. The van der Waals surface area contributed by atoms with Gasteiger partial charge in [0.25, 0.3) is 0 Å². The molecule has 0 fully saturated rings. The third-order valence-corrected chi connectivity index (χ3v) is 3.57. The lowest BCUT2D eigenvalue weighted by atomic mass is 10.1. The Labute approximate surface area is 119 Å². The Morgan fingerprint density at radius 1 is 1.40 bits per heavy atom. The van der Waals surface area contributed by atoms with Gasteiger partial charge in [-0.05, 0) is 25.5 Å². The SMILES string of the molecule is CCc1c(C(=O)O)c(=O)c2cc(F)c(Cl)cc2n1CC. The standard InChI is InChI=1S/C14H13ClFNO3/c1-3-10-12(14(19)20)13(18)7-5-9(16)8(15)6-11(7)17(10)4-2/h5-6H,3-4H2,1-2H3,(H,19,20). The van der Waals surface area contributed by atoms with E-state index in [4.69, 9.17) is 11.6 Å². The number of fused-ring (bicyclic) bond motifs is 1. The van der Waals surface area contributed by atoms with E-state index in [-0.39, 0.29) is 16.0 Å². The van der Waals surface area contributed by atoms with Crippen LogP contribution in [-0.2, 0) is 13.0 Å². The number of rotatable bonds is 3. The molecule has 1 heterocycles. The molecule has 0 saturated carbocycles. The van der Waals surface area contributed by atoms with Crippen LogP contribution in [-0.4, -0.2) is 15.6 Å². The minimum absolute atomic E-state index is 0.0309. The Balaban J connectivity index is 3.10. The average Bonchev–Trinajstić information content (AvgIpc) is 2.40. The van der Waals surface area contributed by atoms with E-state index in [1.807, 2.05) is 6.92 Å². The molecule has 6 heteroatoms. The van der Waals surface area contributed by atoms with Gasteiger partial charge in [-0.25, -0.2) is 9.18 Å². The van der Waals surface area contributed by atoms with Gasteiger partial charge in [0.2, 0.25) is 5.43 Å². The summed E-state index contributed by atoms with van der Waals surface area (Å²) in [4.78, 5) is 23.6. The molecule has 20 heavy (non-hydrogen) atoms. The average molecular weight is 298 g/mol. The van der Waals surface area contributed by atoms with Gasteiger partial charge in [-0.15, -0.1) is 0 Å². The van der Waals surface area contributed by atoms with Gasteiger partial charge >= 0.3 is 5.97 Å². The largest absolute Gasteiger partial charge is 0.477 e. The van der Waals surface area contributed by atoms with Gasteiger partial charge in [0.15, 0.2) is 0 Å². The second-order valence-electron chi connectivity index (χ2n) is 4.34. The molecule has 0 aliphatic heterocycles. The summed E-state index contributed by atoms with van der Waals surface area (Å²) in [5, 5.41) is 9.19. The molecule has 0 radical (unpaired) electrons. The zero-order valence-electron chi connectivity index (χ0n) is 11.0. The normalized spacial score (nSPS) is 11.0. The summed E-state index contributed by atoms with van der Waals surface area (Å²) >= 11 is 5.76. The highest BCUT2D eigenvalue weighted by molar-refractivity contribution is 6.31. The number of carbonyl (C=O) groups is 1. The first-order valence-electron chi connectivity index (χ1n) is 6.20. The molecule has 1 aromatic heterocycles. The van der Waals surface area contributed by atoms with E-state index in [9.17, 15) is 19.1 Å². The Bertz CT molecular complexity index is 767. The molecule has 0 aliphatic carbocycles. The minimum atomic E-state index is -1.30. The van der Waals surface area contributed by atoms with E-state index in [1.165, 1.54) is 6.07 Å². The summed E-state index contributed by atoms with van der Waals surface area (Å²) in [6.07, 6.45) is 0.385. The third kappa shape index (κ3) is 2.08. The minimum Gasteiger partial charge on any atom is -0.477 e. The lowest BCUT2D eigenvalue weighted by molar-refractivity contribution is 0.0693. The Morgan fingerprint density at radius 2 is 2.05 bits per heavy atom. The zero-order valence-corrected chi connectivity index (χ0v) is 11.8. The zero-order chi connectivity index (χ0) is 15.0. The van der Waals surface area contributed by atoms with Gasteiger partial charge in [0.1, 0.15) is 11.4 Å². The number of hydrogen-bond donors (Lipinski definition) is 1. The van der Waals surface area contributed by atoms with E-state index in [2.05, 4.69) is 0 Å². The van der Waals surface area contributed by atoms with Crippen molar-refractivity contribution in [3.05, 3.63) is 44.5 Å². The van der Waals surface area contributed by atoms with Crippen molar-refractivity contribution in [3.63, 3.8) is 0 Å². The Morgan fingerprint density at radius 3 is 2.55 bits per heavy atom. The first-order valence-corrected chi connectivity index (χ1v) is 6.57. The van der Waals surface area contributed by atoms with E-state index in [0.29, 0.717) is 24.2 Å². The molecule has 4 nitrogen and oxygen atoms in total. The molecule has 0 saturated heterocycles. The van der Waals surface area contributed by atoms with Crippen LogP contribution < -0.4 is 5.43 Å². The van der Waals surface area contributed by atoms with Crippen molar-refractivity contribution >= 4 is 28.5 Å². The van der Waals surface area contributed by atoms with Gasteiger partial charge in [-0.2, -0.15) is 0 Å². The Kier molecular flexibility index (Phi) is 3.81. The van der Waals surface area contributed by atoms with Crippen molar-refractivity contribution in [2.24, 2.45) is 0 Å². The van der Waals surface area contributed by atoms with Gasteiger partial charge < -0.3 is 9.67 Å². The number of aromatic nitrogens is 1. The highest BCUT2D eigenvalue weighted by Gasteiger charge is 2.21. The van der Waals surface area contributed by atoms with Crippen molar-refractivity contribution < 1.29 is 14.3 Å². The molecule has 1 N–H and O–H groups in total. The number of halogens is 2. The van der Waals surface area contributed by atoms with E-state index >= 15 is 0 Å². The van der Waals surface area contributed by atoms with Crippen molar-refractivity contribution in [2.75, 3.05) is 0 Å². The first-order chi connectivity index (χ1) is 9.42. The number of aromatic carboxylic acids is 1. The fraction of sp³-hybridized carbons (Fsp3) is 0.286. The third-order valence-electron chi connectivity index (χ3n) is 3.28. The molecular formula is C14H13ClFNO3. The van der Waals surface area contributed by atoms with Crippen LogP contribution in [0, 0.1) is 5.82 Å². The number of carboxylic acid groups (broad SMARTS) is 1. The first kappa shape index (κ1) is 14.5. The van der Waals surface area contributed by atoms with Crippen molar-refractivity contribution in [1.29, 1.82) is 0 Å². The van der Waals surface area contributed by atoms with E-state index in [1.54, 1.807) is 11.5 Å². The smallest absolute Gasteiger partial charge is 0.341 e. The van der Waals surface area contributed by atoms with Crippen molar-refractivity contribution in [3.8, 4) is 0 Å². The summed E-state index contributed by atoms with van der Waals surface area (Å²) in [7, 11) is 0. The van der Waals surface area contributed by atoms with Crippen LogP contribution in [0.1, 0.15) is 29.9 Å². The highest BCUT2D eigenvalue weighted by atomic mass is 35.5. The lowest BCUT2D eigenvalue weighted by Crippen LogP contribution is -2.24. The molecular weight excluding hydrogens is 285 g/mol. The maximum atomic E-state index is 13.6. The van der Waals surface area contributed by atoms with Crippen LogP contribution in [0.25, 0.3) is 10.9 Å². The van der Waals surface area contributed by atoms with Crippen LogP contribution in [0.2, 0.25) is 5.02 Å². The van der Waals surface area contributed by atoms with Crippen LogP contribution in [0.4, 0.5) is 4.39 Å². The number of pyridine rings is 1. The molecule has 1 aromatic carbocycles.